The first-order chi connectivity index (χ1) is 70.5. The van der Waals surface area contributed by atoms with Crippen molar-refractivity contribution in [1.82, 2.24) is 99.4 Å². The van der Waals surface area contributed by atoms with Crippen LogP contribution in [-0.4, -0.2) is 164 Å². The second-order valence-corrected chi connectivity index (χ2v) is 38.9. The number of halogens is 1. The van der Waals surface area contributed by atoms with Crippen molar-refractivity contribution in [2.45, 2.75) is 60.2 Å². The standard InChI is InChI=1S/C25H24N6.C25H20N4O2.C24H24N6OS.C21H19N5OS.C17H11ClN4S/c1-25(2,3)23-14-18-12-19(4-5-20(18)30-23)29-24-28-11-8-21(31-24)22-13-16(7-10-27-22)17-6-9-26-15-17;1-16(30)21-4-2-3-5-22(21)17-8-10-26-24(13-17)23-9-11-27-25(29-23)28-20-7-6-18-14-31-15-19(18)12-20;1-16-18-15-17(27-24-26-10-8-20(28-24)19-5-3-4-9-25-19)6-7-21(18)32-22(16)23(31)30-13-11-29(2)12-14-30;1-13-15-12-14(7-8-18(15)28-19(13)20(27)26(2)3)24-21-23-11-9-17(25-21)16-6-4-5-10-22-16;18-13-10-23-16-9-11(4-5-12(13)16)21-17-20-8-6-15(22-17)14-3-1-2-7-19-14/h4-15,26,30H,1-3H3,(H,28,29,31);2-13H,14-15H2,1H3,(H,27,28,29);3-10,15H,11-14H2,1-2H3,(H,26,27,28);4-12H,1-3H3,(H,23,24,25);1-10H,(H,20,21,22). The van der Waals surface area contributed by atoms with E-state index < -0.39 is 0 Å². The Morgan fingerprint density at radius 1 is 0.421 bits per heavy atom. The lowest BCUT2D eigenvalue weighted by Crippen LogP contribution is -2.47. The molecule has 0 saturated carbocycles. The van der Waals surface area contributed by atoms with Crippen LogP contribution in [0.15, 0.2) is 316 Å². The molecule has 2 aliphatic heterocycles. The van der Waals surface area contributed by atoms with Crippen LogP contribution in [0.4, 0.5) is 58.2 Å². The number of hydrogen-bond acceptors (Lipinski definition) is 28. The lowest BCUT2D eigenvalue weighted by molar-refractivity contribution is 0.0668. The van der Waals surface area contributed by atoms with Crippen LogP contribution >= 0.6 is 45.6 Å². The van der Waals surface area contributed by atoms with Crippen molar-refractivity contribution in [3.63, 3.8) is 0 Å². The SMILES string of the molecule is CC(=O)c1ccccc1-c1ccnc(-c2ccnc(Nc3ccc4c(c3)COC4)n2)c1.CC(C)(C)c1cc2cc(Nc3nccc(-c4cc(-c5cc[nH]c5)ccn4)n3)ccc2[nH]1.Cc1c(C(=O)N(C)C)sc2ccc(Nc3nccc(-c4ccccn4)n3)cc12.Cc1c(C(=O)N2CCN(C)CC2)sc2ccc(Nc3nccc(-c4ccccn4)n3)cc12.Clc1csc2cc(Nc3nccc(-c4ccccn4)n3)ccc12. The van der Waals surface area contributed by atoms with Gasteiger partial charge in [-0.25, -0.2) is 49.8 Å². The van der Waals surface area contributed by atoms with E-state index >= 15 is 0 Å². The van der Waals surface area contributed by atoms with E-state index in [1.807, 2.05) is 231 Å². The quantitative estimate of drug-likeness (QED) is 0.0348. The number of pyridine rings is 5. The maximum atomic E-state index is 13.1. The number of amides is 2. The maximum absolute atomic E-state index is 13.1. The number of ether oxygens (including phenoxy) is 1. The average molecular weight is 1990 g/mol. The summed E-state index contributed by atoms with van der Waals surface area (Å²) in [6.07, 6.45) is 21.3. The molecule has 21 aromatic rings. The summed E-state index contributed by atoms with van der Waals surface area (Å²) >= 11 is 10.8. The Bertz CT molecular complexity index is 8240. The molecule has 0 spiro atoms. The highest BCUT2D eigenvalue weighted by Gasteiger charge is 2.27. The third-order valence-electron chi connectivity index (χ3n) is 24.1. The summed E-state index contributed by atoms with van der Waals surface area (Å²) in [5.41, 5.74) is 23.8. The number of aromatic nitrogens is 17. The molecule has 15 aromatic heterocycles. The largest absolute Gasteiger partial charge is 0.372 e. The van der Waals surface area contributed by atoms with Crippen molar-refractivity contribution >= 4 is 163 Å². The van der Waals surface area contributed by atoms with Gasteiger partial charge in [-0.3, -0.25) is 39.3 Å². The Kier molecular flexibility index (Phi) is 29.4. The summed E-state index contributed by atoms with van der Waals surface area (Å²) in [6.45, 7) is 16.9. The zero-order valence-corrected chi connectivity index (χ0v) is 83.8. The van der Waals surface area contributed by atoms with E-state index in [1.165, 1.54) is 28.2 Å². The van der Waals surface area contributed by atoms with Crippen LogP contribution in [0.5, 0.6) is 0 Å². The van der Waals surface area contributed by atoms with E-state index in [0.29, 0.717) is 59.9 Å². The molecule has 0 aliphatic carbocycles. The van der Waals surface area contributed by atoms with E-state index in [4.69, 9.17) is 16.3 Å². The topological polar surface area (TPSA) is 355 Å². The molecule has 7 N–H and O–H groups in total. The van der Waals surface area contributed by atoms with Crippen molar-refractivity contribution in [3.05, 3.63) is 365 Å². The number of nitrogens with one attached hydrogen (secondary N) is 7. The number of carbonyl (C=O) groups is 3. The molecule has 6 aromatic carbocycles. The molecule has 2 aliphatic rings. The predicted octanol–water partition coefficient (Wildman–Crippen LogP) is 25.1. The first kappa shape index (κ1) is 96.8. The predicted molar refractivity (Wildman–Crippen MR) is 581 cm³/mol. The van der Waals surface area contributed by atoms with Gasteiger partial charge < -0.3 is 56.0 Å². The van der Waals surface area contributed by atoms with Crippen LogP contribution in [0, 0.1) is 13.8 Å². The summed E-state index contributed by atoms with van der Waals surface area (Å²) < 4.78 is 8.79. The highest BCUT2D eigenvalue weighted by atomic mass is 35.5. The van der Waals surface area contributed by atoms with Crippen LogP contribution in [0.2, 0.25) is 5.02 Å². The van der Waals surface area contributed by atoms with Gasteiger partial charge in [0.2, 0.25) is 29.7 Å². The van der Waals surface area contributed by atoms with Crippen molar-refractivity contribution in [3.8, 4) is 79.2 Å². The highest BCUT2D eigenvalue weighted by Crippen LogP contribution is 2.40. The first-order valence-corrected chi connectivity index (χ1v) is 49.6. The molecule has 29 nitrogen and oxygen atoms in total. The molecule has 2 amide bonds. The summed E-state index contributed by atoms with van der Waals surface area (Å²) in [7, 11) is 5.63. The fraction of sp³-hybridized carbons (Fsp3) is 0.143. The molecule has 1 saturated heterocycles. The molecule has 145 heavy (non-hydrogen) atoms. The molecule has 0 atom stereocenters. The number of hydrogen-bond donors (Lipinski definition) is 7. The molecule has 0 radical (unpaired) electrons. The fourth-order valence-corrected chi connectivity index (χ4v) is 19.9. The van der Waals surface area contributed by atoms with Gasteiger partial charge in [0.05, 0.1) is 84.9 Å². The van der Waals surface area contributed by atoms with Gasteiger partial charge >= 0.3 is 0 Å². The number of nitrogens with zero attached hydrogens (tertiary/aromatic N) is 18. The molecule has 23 rings (SSSR count). The zero-order valence-electron chi connectivity index (χ0n) is 80.6. The Morgan fingerprint density at radius 2 is 0.876 bits per heavy atom. The van der Waals surface area contributed by atoms with E-state index in [2.05, 4.69) is 186 Å². The number of likely N-dealkylation sites (N-methyl/N-ethyl adjacent to an activating group) is 1. The number of aryl methyl sites for hydroxylation is 2. The zero-order chi connectivity index (χ0) is 100. The van der Waals surface area contributed by atoms with Gasteiger partial charge in [-0.05, 0) is 271 Å². The Morgan fingerprint density at radius 3 is 1.39 bits per heavy atom. The summed E-state index contributed by atoms with van der Waals surface area (Å²) in [5.74, 6) is 2.77. The first-order valence-electron chi connectivity index (χ1n) is 46.7. The molecule has 1 fully saturated rings. The van der Waals surface area contributed by atoms with Crippen LogP contribution in [0.1, 0.15) is 85.3 Å². The second-order valence-electron chi connectivity index (χ2n) is 35.5. The lowest BCUT2D eigenvalue weighted by Gasteiger charge is -2.32. The number of aromatic amines is 2. The van der Waals surface area contributed by atoms with Gasteiger partial charge in [-0.1, -0.05) is 80.9 Å². The molecule has 33 heteroatoms. The van der Waals surface area contributed by atoms with Gasteiger partial charge in [0.15, 0.2) is 5.78 Å². The fourth-order valence-electron chi connectivity index (χ4n) is 16.3. The van der Waals surface area contributed by atoms with Gasteiger partial charge in [0, 0.05) is 196 Å². The lowest BCUT2D eigenvalue weighted by atomic mass is 9.92. The number of anilines is 10. The van der Waals surface area contributed by atoms with Gasteiger partial charge in [0.25, 0.3) is 11.8 Å². The van der Waals surface area contributed by atoms with Crippen LogP contribution < -0.4 is 26.6 Å². The summed E-state index contributed by atoms with van der Waals surface area (Å²) in [6, 6.07) is 76.6. The van der Waals surface area contributed by atoms with E-state index in [0.717, 1.165) is 189 Å². The number of fused-ring (bicyclic) bond motifs is 5. The maximum Gasteiger partial charge on any atom is 0.264 e. The number of thiophene rings is 3. The normalized spacial score (nSPS) is 12.2. The van der Waals surface area contributed by atoms with Crippen molar-refractivity contribution in [1.29, 1.82) is 0 Å². The molecular formula is C112H98ClN25O4S3. The number of piperazine rings is 1. The van der Waals surface area contributed by atoms with Crippen LogP contribution in [0.3, 0.4) is 0 Å². The number of rotatable bonds is 20. The van der Waals surface area contributed by atoms with Gasteiger partial charge in [-0.15, -0.1) is 34.0 Å². The number of H-pyrrole nitrogens is 2. The minimum Gasteiger partial charge on any atom is -0.372 e. The minimum absolute atomic E-state index is 0.0274. The van der Waals surface area contributed by atoms with Gasteiger partial charge in [-0.2, -0.15) is 0 Å². The number of ketones is 1. The second kappa shape index (κ2) is 44.0. The van der Waals surface area contributed by atoms with E-state index in [1.54, 1.807) is 111 Å². The van der Waals surface area contributed by atoms with Crippen molar-refractivity contribution in [2.24, 2.45) is 0 Å². The monoisotopic (exact) mass is 1990 g/mol. The number of benzene rings is 6. The molecule has 17 heterocycles. The Labute approximate surface area is 853 Å². The number of Topliss-reactive ketones (excluding diaryl/α,β-unsaturated/α-hetero) is 1. The van der Waals surface area contributed by atoms with E-state index in [-0.39, 0.29) is 23.0 Å². The molecule has 0 unspecified atom stereocenters. The molecule has 0 bridgehead atoms. The van der Waals surface area contributed by atoms with E-state index in [9.17, 15) is 14.4 Å². The summed E-state index contributed by atoms with van der Waals surface area (Å²) in [4.78, 5) is 118. The minimum atomic E-state index is 0.0274. The third kappa shape index (κ3) is 23.4. The average Bonchev–Trinajstić information content (AvgIpc) is 1.62. The Hall–Kier alpha value is -17.0. The van der Waals surface area contributed by atoms with Gasteiger partial charge in [0.1, 0.15) is 0 Å². The molecule has 720 valence electrons. The van der Waals surface area contributed by atoms with Crippen molar-refractivity contribution < 1.29 is 19.1 Å². The Balaban J connectivity index is 0.000000115. The van der Waals surface area contributed by atoms with Crippen LogP contribution in [0.25, 0.3) is 120 Å². The smallest absolute Gasteiger partial charge is 0.264 e. The summed E-state index contributed by atoms with van der Waals surface area (Å²) in [5, 5.41) is 23.4. The number of carbonyl (C=O) groups excluding carboxylic acids is 3. The van der Waals surface area contributed by atoms with Crippen molar-refractivity contribution in [2.75, 3.05) is 73.9 Å². The highest BCUT2D eigenvalue weighted by molar-refractivity contribution is 7.21. The van der Waals surface area contributed by atoms with Crippen LogP contribution in [-0.2, 0) is 23.4 Å². The third-order valence-corrected chi connectivity index (χ3v) is 28.0. The molecular weight excluding hydrogens is 1890 g/mol.